The van der Waals surface area contributed by atoms with E-state index in [1.165, 1.54) is 4.90 Å². The lowest BCUT2D eigenvalue weighted by molar-refractivity contribution is -0.124. The first-order chi connectivity index (χ1) is 14.5. The van der Waals surface area contributed by atoms with Crippen molar-refractivity contribution in [3.63, 3.8) is 0 Å². The molecule has 0 aromatic heterocycles. The summed E-state index contributed by atoms with van der Waals surface area (Å²) in [4.78, 5) is 40.2. The van der Waals surface area contributed by atoms with Crippen LogP contribution >= 0.6 is 11.6 Å². The number of nitrogens with one attached hydrogen (secondary N) is 1. The van der Waals surface area contributed by atoms with Crippen LogP contribution in [-0.4, -0.2) is 17.7 Å². The zero-order valence-electron chi connectivity index (χ0n) is 16.0. The van der Waals surface area contributed by atoms with Gasteiger partial charge in [0.15, 0.2) is 0 Å². The third-order valence-electron chi connectivity index (χ3n) is 7.13. The van der Waals surface area contributed by atoms with Crippen LogP contribution in [0, 0.1) is 35.5 Å². The van der Waals surface area contributed by atoms with E-state index in [1.807, 2.05) is 0 Å². The molecule has 0 spiro atoms. The Kier molecular flexibility index (Phi) is 3.75. The van der Waals surface area contributed by atoms with Crippen LogP contribution in [0.15, 0.2) is 60.7 Å². The van der Waals surface area contributed by atoms with Crippen molar-refractivity contribution in [2.24, 2.45) is 35.5 Å². The molecule has 1 saturated heterocycles. The quantitative estimate of drug-likeness (QED) is 0.601. The minimum absolute atomic E-state index is 0.0918. The van der Waals surface area contributed by atoms with Crippen molar-refractivity contribution in [1.82, 2.24) is 0 Å². The Morgan fingerprint density at radius 2 is 1.57 bits per heavy atom. The van der Waals surface area contributed by atoms with Gasteiger partial charge in [0.05, 0.1) is 17.5 Å². The highest BCUT2D eigenvalue weighted by atomic mass is 35.5. The zero-order chi connectivity index (χ0) is 20.6. The third-order valence-corrected chi connectivity index (χ3v) is 7.37. The summed E-state index contributed by atoms with van der Waals surface area (Å²) in [5.41, 5.74) is 1.58. The average Bonchev–Trinajstić information content (AvgIpc) is 3.52. The molecule has 4 aliphatic carbocycles. The van der Waals surface area contributed by atoms with Gasteiger partial charge in [-0.25, -0.2) is 0 Å². The summed E-state index contributed by atoms with van der Waals surface area (Å²) < 4.78 is 0. The molecule has 2 saturated carbocycles. The highest BCUT2D eigenvalue weighted by molar-refractivity contribution is 6.31. The van der Waals surface area contributed by atoms with E-state index in [-0.39, 0.29) is 41.4 Å². The number of hydrogen-bond acceptors (Lipinski definition) is 3. The normalized spacial score (nSPS) is 32.8. The molecule has 1 aliphatic heterocycles. The Hall–Kier alpha value is -2.92. The number of benzene rings is 2. The predicted molar refractivity (Wildman–Crippen MR) is 113 cm³/mol. The highest BCUT2D eigenvalue weighted by Crippen LogP contribution is 2.65. The number of hydrogen-bond donors (Lipinski definition) is 1. The van der Waals surface area contributed by atoms with Gasteiger partial charge in [-0.15, -0.1) is 0 Å². The minimum atomic E-state index is -0.279. The van der Waals surface area contributed by atoms with E-state index in [2.05, 4.69) is 17.5 Å². The van der Waals surface area contributed by atoms with E-state index < -0.39 is 0 Å². The number of halogens is 1. The fraction of sp³-hybridized carbons (Fsp3) is 0.292. The van der Waals surface area contributed by atoms with Gasteiger partial charge in [0.1, 0.15) is 0 Å². The van der Waals surface area contributed by atoms with Crippen LogP contribution < -0.4 is 10.2 Å². The molecule has 2 bridgehead atoms. The maximum Gasteiger partial charge on any atom is 0.255 e. The molecule has 3 amide bonds. The lowest BCUT2D eigenvalue weighted by atomic mass is 9.63. The van der Waals surface area contributed by atoms with Gasteiger partial charge < -0.3 is 5.32 Å². The Labute approximate surface area is 178 Å². The molecular formula is C24H19ClN2O3. The van der Waals surface area contributed by atoms with Gasteiger partial charge >= 0.3 is 0 Å². The lowest BCUT2D eigenvalue weighted by Crippen LogP contribution is -2.40. The number of allylic oxidation sites excluding steroid dienone is 2. The first-order valence-electron chi connectivity index (χ1n) is 10.3. The molecule has 2 aromatic carbocycles. The van der Waals surface area contributed by atoms with Crippen molar-refractivity contribution in [2.45, 2.75) is 6.42 Å². The molecule has 150 valence electrons. The third kappa shape index (κ3) is 2.51. The van der Waals surface area contributed by atoms with Crippen molar-refractivity contribution in [1.29, 1.82) is 0 Å². The standard InChI is InChI=1S/C24H19ClN2O3/c25-13-2-1-3-14(10-13)26-22(28)12-4-6-15(7-5-12)27-23(29)20-16-8-9-17(19-11-18(16)19)21(20)24(27)30/h1-10,16-21H,11H2,(H,26,28)/t16-,17+,18-,19-,20+,21+/m1/s1. The van der Waals surface area contributed by atoms with Crippen molar-refractivity contribution < 1.29 is 14.4 Å². The summed E-state index contributed by atoms with van der Waals surface area (Å²) in [6.45, 7) is 0. The summed E-state index contributed by atoms with van der Waals surface area (Å²) in [6, 6.07) is 13.6. The van der Waals surface area contributed by atoms with Gasteiger partial charge in [0, 0.05) is 16.3 Å². The predicted octanol–water partition coefficient (Wildman–Crippen LogP) is 4.15. The molecule has 0 unspecified atom stereocenters. The highest BCUT2D eigenvalue weighted by Gasteiger charge is 2.67. The van der Waals surface area contributed by atoms with Crippen LogP contribution in [-0.2, 0) is 9.59 Å². The van der Waals surface area contributed by atoms with Crippen LogP contribution in [0.1, 0.15) is 16.8 Å². The van der Waals surface area contributed by atoms with Crippen LogP contribution in [0.25, 0.3) is 0 Å². The van der Waals surface area contributed by atoms with Crippen LogP contribution in [0.2, 0.25) is 5.02 Å². The van der Waals surface area contributed by atoms with Crippen LogP contribution in [0.3, 0.4) is 0 Å². The van der Waals surface area contributed by atoms with Gasteiger partial charge in [0.25, 0.3) is 5.91 Å². The maximum atomic E-state index is 13.2. The lowest BCUT2D eigenvalue weighted by Gasteiger charge is -2.37. The molecule has 1 heterocycles. The zero-order valence-corrected chi connectivity index (χ0v) is 16.8. The first kappa shape index (κ1) is 17.9. The molecule has 30 heavy (non-hydrogen) atoms. The van der Waals surface area contributed by atoms with E-state index in [4.69, 9.17) is 11.6 Å². The number of nitrogens with zero attached hydrogens (tertiary/aromatic N) is 1. The molecule has 1 N–H and O–H groups in total. The molecular weight excluding hydrogens is 400 g/mol. The van der Waals surface area contributed by atoms with E-state index >= 15 is 0 Å². The smallest absolute Gasteiger partial charge is 0.255 e. The monoisotopic (exact) mass is 418 g/mol. The summed E-state index contributed by atoms with van der Waals surface area (Å²) in [5.74, 6) is 0.661. The second-order valence-electron chi connectivity index (χ2n) is 8.68. The minimum Gasteiger partial charge on any atom is -0.322 e. The van der Waals surface area contributed by atoms with Crippen molar-refractivity contribution in [3.05, 3.63) is 71.3 Å². The first-order valence-corrected chi connectivity index (χ1v) is 10.6. The number of carbonyl (C=O) groups is 3. The summed E-state index contributed by atoms with van der Waals surface area (Å²) >= 11 is 5.96. The van der Waals surface area contributed by atoms with Crippen LogP contribution in [0.4, 0.5) is 11.4 Å². The Morgan fingerprint density at radius 1 is 0.933 bits per heavy atom. The number of imide groups is 1. The molecule has 7 rings (SSSR count). The second-order valence-corrected chi connectivity index (χ2v) is 9.11. The van der Waals surface area contributed by atoms with Crippen molar-refractivity contribution >= 4 is 40.7 Å². The number of anilines is 2. The van der Waals surface area contributed by atoms with Crippen LogP contribution in [0.5, 0.6) is 0 Å². The van der Waals surface area contributed by atoms with E-state index in [9.17, 15) is 14.4 Å². The van der Waals surface area contributed by atoms with Gasteiger partial charge in [-0.05, 0) is 72.6 Å². The van der Waals surface area contributed by atoms with Gasteiger partial charge in [-0.3, -0.25) is 19.3 Å². The van der Waals surface area contributed by atoms with Gasteiger partial charge in [-0.2, -0.15) is 0 Å². The topological polar surface area (TPSA) is 66.5 Å². The van der Waals surface area contributed by atoms with E-state index in [1.54, 1.807) is 48.5 Å². The molecule has 5 nitrogen and oxygen atoms in total. The Bertz CT molecular complexity index is 1090. The largest absolute Gasteiger partial charge is 0.322 e. The molecule has 5 aliphatic rings. The number of carbonyl (C=O) groups excluding carboxylic acids is 3. The van der Waals surface area contributed by atoms with Gasteiger partial charge in [0.2, 0.25) is 11.8 Å². The number of rotatable bonds is 3. The molecule has 6 atom stereocenters. The summed E-state index contributed by atoms with van der Waals surface area (Å²) in [5, 5.41) is 3.34. The average molecular weight is 419 g/mol. The Morgan fingerprint density at radius 3 is 2.17 bits per heavy atom. The fourth-order valence-corrected chi connectivity index (χ4v) is 5.93. The molecule has 3 fully saturated rings. The summed E-state index contributed by atoms with van der Waals surface area (Å²) in [6.07, 6.45) is 5.47. The van der Waals surface area contributed by atoms with E-state index in [0.29, 0.717) is 33.8 Å². The number of amides is 3. The second kappa shape index (κ2) is 6.29. The fourth-order valence-electron chi connectivity index (χ4n) is 5.74. The van der Waals surface area contributed by atoms with Crippen molar-refractivity contribution in [3.8, 4) is 0 Å². The molecule has 6 heteroatoms. The van der Waals surface area contributed by atoms with E-state index in [0.717, 1.165) is 6.42 Å². The van der Waals surface area contributed by atoms with Crippen molar-refractivity contribution in [2.75, 3.05) is 10.2 Å². The maximum absolute atomic E-state index is 13.2. The SMILES string of the molecule is O=C(Nc1cccc(Cl)c1)c1ccc(N2C(=O)[C@H]3[C@@H]4C=C[C@@H]([C@H]5C[C@H]45)[C@@H]3C2=O)cc1. The molecule has 2 aromatic rings. The molecule has 0 radical (unpaired) electrons. The summed E-state index contributed by atoms with van der Waals surface area (Å²) in [7, 11) is 0. The van der Waals surface area contributed by atoms with Gasteiger partial charge in [-0.1, -0.05) is 29.8 Å². The Balaban J connectivity index is 1.23.